The molecular formula is C14H18S. The van der Waals surface area contributed by atoms with Crippen molar-refractivity contribution < 1.29 is 0 Å². The Morgan fingerprint density at radius 2 is 2.00 bits per heavy atom. The van der Waals surface area contributed by atoms with Gasteiger partial charge in [0.2, 0.25) is 0 Å². The normalized spacial score (nSPS) is 10.7. The predicted molar refractivity (Wildman–Crippen MR) is 70.5 cm³/mol. The van der Waals surface area contributed by atoms with Crippen molar-refractivity contribution in [3.63, 3.8) is 0 Å². The lowest BCUT2D eigenvalue weighted by Gasteiger charge is -2.18. The van der Waals surface area contributed by atoms with Crippen molar-refractivity contribution in [3.8, 4) is 11.8 Å². The number of benzene rings is 1. The predicted octanol–water partition coefficient (Wildman–Crippen LogP) is 3.66. The molecule has 0 saturated heterocycles. The molecule has 0 unspecified atom stereocenters. The summed E-state index contributed by atoms with van der Waals surface area (Å²) in [6.45, 7) is 6.65. The Hall–Kier alpha value is -0.870. The zero-order valence-corrected chi connectivity index (χ0v) is 10.6. The van der Waals surface area contributed by atoms with Crippen LogP contribution < -0.4 is 0 Å². The van der Waals surface area contributed by atoms with E-state index in [1.165, 1.54) is 5.56 Å². The van der Waals surface area contributed by atoms with E-state index in [1.54, 1.807) is 0 Å². The molecule has 0 heterocycles. The van der Waals surface area contributed by atoms with Gasteiger partial charge < -0.3 is 0 Å². The van der Waals surface area contributed by atoms with Gasteiger partial charge >= 0.3 is 0 Å². The molecule has 0 aliphatic carbocycles. The first-order chi connectivity index (χ1) is 7.04. The van der Waals surface area contributed by atoms with Crippen molar-refractivity contribution >= 4 is 12.6 Å². The van der Waals surface area contributed by atoms with Crippen LogP contribution in [0.25, 0.3) is 0 Å². The summed E-state index contributed by atoms with van der Waals surface area (Å²) in [6.07, 6.45) is 0.850. The van der Waals surface area contributed by atoms with Crippen LogP contribution in [0.3, 0.4) is 0 Å². The lowest BCUT2D eigenvalue weighted by molar-refractivity contribution is 0.590. The molecule has 0 N–H and O–H groups in total. The van der Waals surface area contributed by atoms with Gasteiger partial charge in [-0.05, 0) is 23.1 Å². The summed E-state index contributed by atoms with van der Waals surface area (Å²) >= 11 is 4.13. The highest BCUT2D eigenvalue weighted by atomic mass is 32.1. The summed E-state index contributed by atoms with van der Waals surface area (Å²) in [5.41, 5.74) is 2.63. The van der Waals surface area contributed by atoms with Crippen molar-refractivity contribution in [1.82, 2.24) is 0 Å². The second-order valence-electron chi connectivity index (χ2n) is 4.61. The lowest BCUT2D eigenvalue weighted by atomic mass is 9.86. The van der Waals surface area contributed by atoms with Crippen LogP contribution in [0.1, 0.15) is 38.3 Å². The van der Waals surface area contributed by atoms with Gasteiger partial charge in [0, 0.05) is 17.7 Å². The average molecular weight is 218 g/mol. The van der Waals surface area contributed by atoms with Crippen LogP contribution in [0.2, 0.25) is 0 Å². The fourth-order valence-corrected chi connectivity index (χ4v) is 1.40. The molecule has 0 amide bonds. The van der Waals surface area contributed by atoms with Crippen LogP contribution in [0, 0.1) is 11.8 Å². The molecule has 15 heavy (non-hydrogen) atoms. The SMILES string of the molecule is CC(C)(C)c1cccc(C#CCCS)c1. The molecule has 1 rings (SSSR count). The van der Waals surface area contributed by atoms with Gasteiger partial charge in [0.25, 0.3) is 0 Å². The number of hydrogen-bond donors (Lipinski definition) is 1. The van der Waals surface area contributed by atoms with E-state index in [1.807, 2.05) is 0 Å². The van der Waals surface area contributed by atoms with Gasteiger partial charge in [-0.2, -0.15) is 12.6 Å². The first kappa shape index (κ1) is 12.2. The second-order valence-corrected chi connectivity index (χ2v) is 5.05. The topological polar surface area (TPSA) is 0 Å². The van der Waals surface area contributed by atoms with Gasteiger partial charge in [-0.1, -0.05) is 44.7 Å². The molecule has 1 aromatic rings. The summed E-state index contributed by atoms with van der Waals surface area (Å²) in [5.74, 6) is 7.09. The molecule has 0 fully saturated rings. The fraction of sp³-hybridized carbons (Fsp3) is 0.429. The van der Waals surface area contributed by atoms with E-state index in [9.17, 15) is 0 Å². The molecule has 0 radical (unpaired) electrons. The smallest absolute Gasteiger partial charge is 0.0248 e. The van der Waals surface area contributed by atoms with Crippen LogP contribution in [0.4, 0.5) is 0 Å². The maximum absolute atomic E-state index is 4.13. The van der Waals surface area contributed by atoms with Crippen LogP contribution >= 0.6 is 12.6 Å². The van der Waals surface area contributed by atoms with Crippen LogP contribution in [-0.4, -0.2) is 5.75 Å². The van der Waals surface area contributed by atoms with Gasteiger partial charge in [0.05, 0.1) is 0 Å². The Bertz CT molecular complexity index is 374. The molecule has 80 valence electrons. The monoisotopic (exact) mass is 218 g/mol. The minimum atomic E-state index is 0.196. The molecule has 0 saturated carbocycles. The zero-order chi connectivity index (χ0) is 11.3. The van der Waals surface area contributed by atoms with E-state index in [2.05, 4.69) is 69.5 Å². The molecule has 0 aromatic heterocycles. The highest BCUT2D eigenvalue weighted by Gasteiger charge is 2.12. The van der Waals surface area contributed by atoms with Gasteiger partial charge in [-0.25, -0.2) is 0 Å². The van der Waals surface area contributed by atoms with Crippen molar-refractivity contribution in [2.75, 3.05) is 5.75 Å². The molecule has 0 aliphatic rings. The van der Waals surface area contributed by atoms with E-state index < -0.39 is 0 Å². The Kier molecular flexibility index (Phi) is 4.29. The number of hydrogen-bond acceptors (Lipinski definition) is 1. The van der Waals surface area contributed by atoms with Crippen LogP contribution in [0.15, 0.2) is 24.3 Å². The first-order valence-electron chi connectivity index (χ1n) is 5.24. The van der Waals surface area contributed by atoms with Gasteiger partial charge in [0.1, 0.15) is 0 Å². The highest BCUT2D eigenvalue weighted by molar-refractivity contribution is 7.80. The maximum atomic E-state index is 4.13. The minimum Gasteiger partial charge on any atom is -0.178 e. The van der Waals surface area contributed by atoms with E-state index in [4.69, 9.17) is 0 Å². The van der Waals surface area contributed by atoms with E-state index in [0.717, 1.165) is 17.7 Å². The van der Waals surface area contributed by atoms with Crippen LogP contribution in [-0.2, 0) is 5.41 Å². The maximum Gasteiger partial charge on any atom is 0.0248 e. The molecule has 1 aromatic carbocycles. The largest absolute Gasteiger partial charge is 0.178 e. The Balaban J connectivity index is 2.90. The number of rotatable bonds is 1. The lowest BCUT2D eigenvalue weighted by Crippen LogP contribution is -2.10. The van der Waals surface area contributed by atoms with Gasteiger partial charge in [0.15, 0.2) is 0 Å². The standard InChI is InChI=1S/C14H18S/c1-14(2,3)13-9-6-8-12(11-13)7-4-5-10-15/h6,8-9,11,15H,5,10H2,1-3H3. The zero-order valence-electron chi connectivity index (χ0n) is 9.67. The van der Waals surface area contributed by atoms with Crippen molar-refractivity contribution in [2.45, 2.75) is 32.6 Å². The van der Waals surface area contributed by atoms with Crippen molar-refractivity contribution in [2.24, 2.45) is 0 Å². The fourth-order valence-electron chi connectivity index (χ4n) is 1.28. The van der Waals surface area contributed by atoms with Crippen LogP contribution in [0.5, 0.6) is 0 Å². The quantitative estimate of drug-likeness (QED) is 0.540. The Morgan fingerprint density at radius 1 is 1.27 bits per heavy atom. The van der Waals surface area contributed by atoms with E-state index >= 15 is 0 Å². The molecule has 0 aliphatic heterocycles. The number of thiol groups is 1. The summed E-state index contributed by atoms with van der Waals surface area (Å²) < 4.78 is 0. The Labute approximate surface area is 98.5 Å². The van der Waals surface area contributed by atoms with Gasteiger partial charge in [-0.3, -0.25) is 0 Å². The third kappa shape index (κ3) is 4.01. The summed E-state index contributed by atoms with van der Waals surface area (Å²) in [6, 6.07) is 8.46. The molecular weight excluding hydrogens is 200 g/mol. The molecule has 1 heteroatoms. The molecule has 0 nitrogen and oxygen atoms in total. The summed E-state index contributed by atoms with van der Waals surface area (Å²) in [5, 5.41) is 0. The third-order valence-corrected chi connectivity index (χ3v) is 2.42. The minimum absolute atomic E-state index is 0.196. The molecule has 0 bridgehead atoms. The van der Waals surface area contributed by atoms with Gasteiger partial charge in [-0.15, -0.1) is 0 Å². The molecule has 0 atom stereocenters. The molecule has 0 spiro atoms. The second kappa shape index (κ2) is 5.28. The third-order valence-electron chi connectivity index (χ3n) is 2.20. The summed E-state index contributed by atoms with van der Waals surface area (Å²) in [7, 11) is 0. The summed E-state index contributed by atoms with van der Waals surface area (Å²) in [4.78, 5) is 0. The highest BCUT2D eigenvalue weighted by Crippen LogP contribution is 2.22. The average Bonchev–Trinajstić information content (AvgIpc) is 2.17. The van der Waals surface area contributed by atoms with Crippen molar-refractivity contribution in [1.29, 1.82) is 0 Å². The van der Waals surface area contributed by atoms with E-state index in [-0.39, 0.29) is 5.41 Å². The van der Waals surface area contributed by atoms with E-state index in [0.29, 0.717) is 0 Å². The Morgan fingerprint density at radius 3 is 2.60 bits per heavy atom. The van der Waals surface area contributed by atoms with Crippen molar-refractivity contribution in [3.05, 3.63) is 35.4 Å². The first-order valence-corrected chi connectivity index (χ1v) is 5.87.